The number of anilines is 2. The van der Waals surface area contributed by atoms with Gasteiger partial charge in [0.05, 0.1) is 22.5 Å². The number of carbonyl (C=O) groups excluding carboxylic acids is 3. The van der Waals surface area contributed by atoms with Gasteiger partial charge in [0.1, 0.15) is 5.92 Å². The molecule has 40 heavy (non-hydrogen) atoms. The number of alkyl halides is 3. The highest BCUT2D eigenvalue weighted by molar-refractivity contribution is 6.11. The van der Waals surface area contributed by atoms with E-state index >= 15 is 0 Å². The van der Waals surface area contributed by atoms with Crippen LogP contribution in [-0.4, -0.2) is 67.2 Å². The number of halogens is 5. The molecule has 0 saturated carbocycles. The summed E-state index contributed by atoms with van der Waals surface area (Å²) in [5.74, 6) is -8.15. The van der Waals surface area contributed by atoms with Crippen LogP contribution in [0.15, 0.2) is 47.0 Å². The van der Waals surface area contributed by atoms with Crippen LogP contribution in [0.4, 0.5) is 33.3 Å². The van der Waals surface area contributed by atoms with Gasteiger partial charge in [0, 0.05) is 43.0 Å². The first-order valence-corrected chi connectivity index (χ1v) is 12.3. The van der Waals surface area contributed by atoms with E-state index in [1.165, 1.54) is 12.1 Å². The summed E-state index contributed by atoms with van der Waals surface area (Å²) in [5.41, 5.74) is 3.37. The van der Waals surface area contributed by atoms with Crippen molar-refractivity contribution in [2.45, 2.75) is 32.1 Å². The number of nitrogens with one attached hydrogen (secondary N) is 1. The number of rotatable bonds is 5. The Morgan fingerprint density at radius 1 is 1.05 bits per heavy atom. The Labute approximate surface area is 226 Å². The van der Waals surface area contributed by atoms with E-state index in [9.17, 15) is 36.3 Å². The Morgan fingerprint density at radius 2 is 1.70 bits per heavy atom. The molecule has 0 spiro atoms. The van der Waals surface area contributed by atoms with E-state index in [1.54, 1.807) is 6.07 Å². The maximum Gasteiger partial charge on any atom is 0.414 e. The number of aliphatic imine (C=N–C) groups is 1. The highest BCUT2D eigenvalue weighted by Crippen LogP contribution is 2.37. The molecule has 0 aliphatic carbocycles. The van der Waals surface area contributed by atoms with E-state index in [4.69, 9.17) is 5.73 Å². The minimum absolute atomic E-state index is 0.0389. The van der Waals surface area contributed by atoms with Gasteiger partial charge < -0.3 is 16.0 Å². The average molecular weight is 564 g/mol. The van der Waals surface area contributed by atoms with E-state index in [1.807, 2.05) is 25.8 Å². The zero-order chi connectivity index (χ0) is 29.5. The number of nitrogens with two attached hydrogens (primary N) is 1. The lowest BCUT2D eigenvalue weighted by atomic mass is 9.95. The van der Waals surface area contributed by atoms with E-state index in [-0.39, 0.29) is 35.0 Å². The van der Waals surface area contributed by atoms with Crippen molar-refractivity contribution < 1.29 is 36.3 Å². The summed E-state index contributed by atoms with van der Waals surface area (Å²) in [5, 5.41) is 2.48. The molecule has 3 amide bonds. The number of likely N-dealkylation sites (N-methyl/N-ethyl adjacent to an activating group) is 1. The number of nitrogens with zero attached hydrogens (tertiary/aromatic N) is 3. The normalized spacial score (nSPS) is 21.8. The van der Waals surface area contributed by atoms with Crippen LogP contribution in [0.25, 0.3) is 11.1 Å². The predicted octanol–water partition coefficient (Wildman–Crippen LogP) is 3.91. The van der Waals surface area contributed by atoms with Gasteiger partial charge in [0.15, 0.2) is 11.6 Å². The molecule has 2 aliphatic rings. The molecule has 2 aromatic carbocycles. The number of hydrogen-bond acceptors (Lipinski definition) is 5. The maximum absolute atomic E-state index is 14.9. The van der Waals surface area contributed by atoms with E-state index < -0.39 is 52.6 Å². The Balaban J connectivity index is 1.78. The van der Waals surface area contributed by atoms with Crippen LogP contribution in [0.2, 0.25) is 0 Å². The highest BCUT2D eigenvalue weighted by atomic mass is 19.4. The molecule has 4 rings (SSSR count). The third kappa shape index (κ3) is 5.60. The van der Waals surface area contributed by atoms with Gasteiger partial charge in [0.2, 0.25) is 5.91 Å². The van der Waals surface area contributed by atoms with Gasteiger partial charge in [-0.05, 0) is 44.7 Å². The number of dihydropyridines is 1. The first-order chi connectivity index (χ1) is 18.7. The lowest BCUT2D eigenvalue weighted by Crippen LogP contribution is -2.55. The fraction of sp³-hybridized carbons (Fsp3) is 0.333. The third-order valence-corrected chi connectivity index (χ3v) is 7.19. The second kappa shape index (κ2) is 10.8. The smallest absolute Gasteiger partial charge is 0.367 e. The molecule has 8 nitrogen and oxygen atoms in total. The number of primary amides is 1. The number of hydrogen-bond donors (Lipinski definition) is 2. The Morgan fingerprint density at radius 3 is 2.30 bits per heavy atom. The molecule has 0 aromatic heterocycles. The van der Waals surface area contributed by atoms with Crippen molar-refractivity contribution in [1.29, 1.82) is 0 Å². The Hall–Kier alpha value is -4.13. The monoisotopic (exact) mass is 563 g/mol. The highest BCUT2D eigenvalue weighted by Gasteiger charge is 2.43. The second-order valence-electron chi connectivity index (χ2n) is 9.83. The first-order valence-electron chi connectivity index (χ1n) is 12.3. The number of benzene rings is 2. The van der Waals surface area contributed by atoms with Crippen molar-refractivity contribution in [1.82, 2.24) is 4.90 Å². The summed E-state index contributed by atoms with van der Waals surface area (Å²) in [6, 6.07) is 6.65. The van der Waals surface area contributed by atoms with Gasteiger partial charge in [-0.25, -0.2) is 13.8 Å². The van der Waals surface area contributed by atoms with E-state index in [0.29, 0.717) is 25.0 Å². The Bertz CT molecular complexity index is 1430. The van der Waals surface area contributed by atoms with E-state index in [0.717, 1.165) is 12.1 Å². The lowest BCUT2D eigenvalue weighted by molar-refractivity contribution is -0.124. The molecule has 212 valence electrons. The molecule has 2 aromatic rings. The molecule has 3 N–H and O–H groups in total. The van der Waals surface area contributed by atoms with Gasteiger partial charge in [-0.1, -0.05) is 12.1 Å². The van der Waals surface area contributed by atoms with Gasteiger partial charge >= 0.3 is 6.18 Å². The lowest BCUT2D eigenvalue weighted by Gasteiger charge is -2.44. The van der Waals surface area contributed by atoms with Gasteiger partial charge in [-0.3, -0.25) is 19.3 Å². The van der Waals surface area contributed by atoms with Gasteiger partial charge in [0.25, 0.3) is 11.8 Å². The summed E-state index contributed by atoms with van der Waals surface area (Å²) in [7, 11) is 1.96. The predicted molar refractivity (Wildman–Crippen MR) is 139 cm³/mol. The molecular formula is C27H26F5N5O3. The van der Waals surface area contributed by atoms with Gasteiger partial charge in [-0.15, -0.1) is 0 Å². The van der Waals surface area contributed by atoms with Crippen LogP contribution in [-0.2, 0) is 9.59 Å². The van der Waals surface area contributed by atoms with Crippen LogP contribution >= 0.6 is 0 Å². The first kappa shape index (κ1) is 28.9. The van der Waals surface area contributed by atoms with Gasteiger partial charge in [-0.2, -0.15) is 13.2 Å². The number of piperazine rings is 1. The summed E-state index contributed by atoms with van der Waals surface area (Å²) in [6.07, 6.45) is -4.08. The Kier molecular flexibility index (Phi) is 7.79. The average Bonchev–Trinajstić information content (AvgIpc) is 2.87. The van der Waals surface area contributed by atoms with Crippen molar-refractivity contribution in [3.63, 3.8) is 0 Å². The topological polar surface area (TPSA) is 108 Å². The minimum atomic E-state index is -4.97. The van der Waals surface area contributed by atoms with E-state index in [2.05, 4.69) is 15.2 Å². The van der Waals surface area contributed by atoms with Crippen LogP contribution in [0.1, 0.15) is 24.2 Å². The summed E-state index contributed by atoms with van der Waals surface area (Å²) < 4.78 is 70.3. The molecule has 0 radical (unpaired) electrons. The number of amides is 3. The summed E-state index contributed by atoms with van der Waals surface area (Å²) >= 11 is 0. The maximum atomic E-state index is 14.9. The zero-order valence-electron chi connectivity index (χ0n) is 21.7. The molecule has 2 aliphatic heterocycles. The third-order valence-electron chi connectivity index (χ3n) is 7.19. The second-order valence-corrected chi connectivity index (χ2v) is 9.83. The quantitative estimate of drug-likeness (QED) is 0.537. The molecule has 1 fully saturated rings. The molecule has 1 unspecified atom stereocenters. The number of carbonyl (C=O) groups is 3. The zero-order valence-corrected chi connectivity index (χ0v) is 21.7. The summed E-state index contributed by atoms with van der Waals surface area (Å²) in [6.45, 7) is 4.99. The largest absolute Gasteiger partial charge is 0.414 e. The van der Waals surface area contributed by atoms with Crippen LogP contribution in [0.5, 0.6) is 0 Å². The SMILES string of the molecule is C[C@@H]1CN(c2ccc(-c3ccc(C(N)=O)c(F)c3F)cc2NC(=O)C2C=NC(=O)C=C2C(F)(F)F)C[C@H](C)N1C. The molecule has 3 atom stereocenters. The molecule has 0 bridgehead atoms. The van der Waals surface area contributed by atoms with Crippen molar-refractivity contribution in [2.24, 2.45) is 16.6 Å². The van der Waals surface area contributed by atoms with Crippen LogP contribution in [0.3, 0.4) is 0 Å². The fourth-order valence-corrected chi connectivity index (χ4v) is 4.81. The molecule has 2 heterocycles. The van der Waals surface area contributed by atoms with Crippen molar-refractivity contribution >= 4 is 35.3 Å². The fourth-order valence-electron chi connectivity index (χ4n) is 4.81. The standard InChI is InChI=1S/C27H26F5N5O3/c1-13-11-37(12-14(2)36(13)3)21-7-4-15(16-5-6-17(25(33)39)24(29)23(16)28)8-20(21)35-26(40)18-10-34-22(38)9-19(18)27(30,31)32/h4-10,13-14,18H,11-12H2,1-3H3,(H2,33,39)(H,35,40)/t13-,14+,18?. The molecule has 1 saturated heterocycles. The van der Waals surface area contributed by atoms with Crippen LogP contribution in [0, 0.1) is 17.6 Å². The van der Waals surface area contributed by atoms with Crippen molar-refractivity contribution in [2.75, 3.05) is 30.4 Å². The molecular weight excluding hydrogens is 537 g/mol. The van der Waals surface area contributed by atoms with Crippen molar-refractivity contribution in [3.05, 3.63) is 59.2 Å². The molecule has 13 heteroatoms. The van der Waals surface area contributed by atoms with Crippen molar-refractivity contribution in [3.8, 4) is 11.1 Å². The summed E-state index contributed by atoms with van der Waals surface area (Å²) in [4.78, 5) is 43.5. The van der Waals surface area contributed by atoms with Crippen LogP contribution < -0.4 is 16.0 Å². The minimum Gasteiger partial charge on any atom is -0.367 e.